The maximum atomic E-state index is 10.0. The van der Waals surface area contributed by atoms with E-state index < -0.39 is 0 Å². The summed E-state index contributed by atoms with van der Waals surface area (Å²) >= 11 is 0. The predicted molar refractivity (Wildman–Crippen MR) is 155 cm³/mol. The van der Waals surface area contributed by atoms with Crippen molar-refractivity contribution in [3.8, 4) is 16.9 Å². The Morgan fingerprint density at radius 2 is 1.62 bits per heavy atom. The van der Waals surface area contributed by atoms with Gasteiger partial charge in [-0.1, -0.05) is 62.4 Å². The first kappa shape index (κ1) is 27.9. The number of hydrogen-bond donors (Lipinski definition) is 1. The van der Waals surface area contributed by atoms with E-state index >= 15 is 0 Å². The standard InChI is InChI=1S/C28H20N3.C5H8O2.Ir/c1-18-14-19(2)16-21(15-18)27-26-25-23-11-7-6-8-20(23)12-13-24(25)31(28(26)30-17-29-27)22-9-4-3-5-10-22;1-4(6)3-5(2)7;/h3-15,17H,1-2H3;3,6H,1-2H3;/q-1;;/b;4-3-;. The molecule has 1 radical (unpaired) electrons. The SMILES string of the molecule is CC(=O)/C=C(/C)O.Cc1[c-]c(-c2ncnc3c2c2c4ccccc4ccc2n3-c2ccccc2)cc(C)c1.[Ir]. The molecule has 5 nitrogen and oxygen atoms in total. The molecule has 0 aliphatic carbocycles. The number of para-hydroxylation sites is 1. The Hall–Kier alpha value is -4.12. The molecule has 2 heterocycles. The van der Waals surface area contributed by atoms with Crippen LogP contribution in [0.15, 0.2) is 97.0 Å². The van der Waals surface area contributed by atoms with Crippen molar-refractivity contribution < 1.29 is 30.0 Å². The summed E-state index contributed by atoms with van der Waals surface area (Å²) in [4.78, 5) is 19.6. The van der Waals surface area contributed by atoms with Crippen LogP contribution in [-0.4, -0.2) is 25.4 Å². The topological polar surface area (TPSA) is 68.0 Å². The summed E-state index contributed by atoms with van der Waals surface area (Å²) < 4.78 is 2.24. The zero-order chi connectivity index (χ0) is 26.8. The molecule has 0 amide bonds. The molecule has 0 bridgehead atoms. The Kier molecular flexibility index (Phi) is 8.39. The molecule has 0 aliphatic heterocycles. The first-order valence-electron chi connectivity index (χ1n) is 12.4. The molecule has 4 aromatic carbocycles. The molecule has 0 spiro atoms. The number of aryl methyl sites for hydroxylation is 2. The summed E-state index contributed by atoms with van der Waals surface area (Å²) in [7, 11) is 0. The van der Waals surface area contributed by atoms with Crippen molar-refractivity contribution in [1.29, 1.82) is 0 Å². The fraction of sp³-hybridized carbons (Fsp3) is 0.121. The van der Waals surface area contributed by atoms with E-state index in [1.54, 1.807) is 6.33 Å². The van der Waals surface area contributed by atoms with Crippen LogP contribution in [0, 0.1) is 19.9 Å². The minimum atomic E-state index is -0.125. The molecule has 6 heteroatoms. The van der Waals surface area contributed by atoms with Gasteiger partial charge in [-0.05, 0) is 42.8 Å². The van der Waals surface area contributed by atoms with E-state index in [1.165, 1.54) is 41.6 Å². The second-order valence-electron chi connectivity index (χ2n) is 9.42. The number of ketones is 1. The molecule has 6 aromatic rings. The van der Waals surface area contributed by atoms with Crippen LogP contribution >= 0.6 is 0 Å². The molecule has 0 unspecified atom stereocenters. The number of nitrogens with zero attached hydrogens (tertiary/aromatic N) is 3. The van der Waals surface area contributed by atoms with Gasteiger partial charge >= 0.3 is 0 Å². The van der Waals surface area contributed by atoms with E-state index in [0.717, 1.165) is 39.1 Å². The predicted octanol–water partition coefficient (Wildman–Crippen LogP) is 7.85. The van der Waals surface area contributed by atoms with Crippen molar-refractivity contribution in [3.63, 3.8) is 0 Å². The number of carbonyl (C=O) groups excluding carboxylic acids is 1. The van der Waals surface area contributed by atoms with E-state index in [0.29, 0.717) is 0 Å². The molecule has 0 atom stereocenters. The quantitative estimate of drug-likeness (QED) is 0.117. The second-order valence-corrected chi connectivity index (χ2v) is 9.42. The Morgan fingerprint density at radius 1 is 0.897 bits per heavy atom. The Morgan fingerprint density at radius 3 is 2.28 bits per heavy atom. The van der Waals surface area contributed by atoms with Gasteiger partial charge in [0, 0.05) is 48.3 Å². The first-order chi connectivity index (χ1) is 18.3. The molecule has 39 heavy (non-hydrogen) atoms. The number of benzene rings is 4. The number of rotatable bonds is 3. The summed E-state index contributed by atoms with van der Waals surface area (Å²) in [5.41, 5.74) is 7.37. The Labute approximate surface area is 241 Å². The van der Waals surface area contributed by atoms with Gasteiger partial charge in [0.2, 0.25) is 0 Å². The van der Waals surface area contributed by atoms with Gasteiger partial charge in [-0.2, -0.15) is 0 Å². The molecule has 0 aliphatic rings. The second kappa shape index (κ2) is 11.7. The third-order valence-electron chi connectivity index (χ3n) is 6.27. The van der Waals surface area contributed by atoms with Crippen LogP contribution < -0.4 is 0 Å². The summed E-state index contributed by atoms with van der Waals surface area (Å²) in [5, 5.41) is 13.0. The fourth-order valence-electron chi connectivity index (χ4n) is 4.96. The van der Waals surface area contributed by atoms with Crippen molar-refractivity contribution in [2.75, 3.05) is 0 Å². The summed E-state index contributed by atoms with van der Waals surface area (Å²) in [6, 6.07) is 31.1. The maximum absolute atomic E-state index is 10.0. The van der Waals surface area contributed by atoms with Gasteiger partial charge in [-0.15, -0.1) is 34.9 Å². The van der Waals surface area contributed by atoms with Crippen LogP contribution in [0.2, 0.25) is 0 Å². The van der Waals surface area contributed by atoms with Gasteiger partial charge in [0.1, 0.15) is 12.0 Å². The summed E-state index contributed by atoms with van der Waals surface area (Å²) in [6.45, 7) is 7.05. The van der Waals surface area contributed by atoms with Gasteiger partial charge in [0.25, 0.3) is 0 Å². The van der Waals surface area contributed by atoms with Crippen LogP contribution in [0.25, 0.3) is 49.7 Å². The number of allylic oxidation sites excluding steroid dienone is 2. The number of carbonyl (C=O) groups is 1. The third-order valence-corrected chi connectivity index (χ3v) is 6.27. The largest absolute Gasteiger partial charge is 0.512 e. The summed E-state index contributed by atoms with van der Waals surface area (Å²) in [6.07, 6.45) is 2.84. The van der Waals surface area contributed by atoms with Crippen molar-refractivity contribution in [1.82, 2.24) is 14.5 Å². The van der Waals surface area contributed by atoms with Gasteiger partial charge in [-0.3, -0.25) is 14.3 Å². The molecule has 197 valence electrons. The average Bonchev–Trinajstić information content (AvgIpc) is 3.23. The van der Waals surface area contributed by atoms with Crippen LogP contribution in [0.5, 0.6) is 0 Å². The Balaban J connectivity index is 0.000000394. The number of aromatic nitrogens is 3. The van der Waals surface area contributed by atoms with Crippen molar-refractivity contribution in [2.45, 2.75) is 27.7 Å². The molecular formula is C33H28IrN3O2-. The monoisotopic (exact) mass is 691 g/mol. The Bertz CT molecular complexity index is 1810. The first-order valence-corrected chi connectivity index (χ1v) is 12.4. The molecule has 0 saturated carbocycles. The van der Waals surface area contributed by atoms with E-state index in [1.807, 2.05) is 6.07 Å². The van der Waals surface area contributed by atoms with Crippen LogP contribution in [0.1, 0.15) is 25.0 Å². The maximum Gasteiger partial charge on any atom is 0.155 e. The van der Waals surface area contributed by atoms with E-state index in [9.17, 15) is 4.79 Å². The molecule has 0 saturated heterocycles. The van der Waals surface area contributed by atoms with Crippen LogP contribution in [-0.2, 0) is 24.9 Å². The number of fused-ring (bicyclic) bond motifs is 5. The fourth-order valence-corrected chi connectivity index (χ4v) is 4.96. The van der Waals surface area contributed by atoms with Gasteiger partial charge < -0.3 is 5.11 Å². The minimum absolute atomic E-state index is 0. The van der Waals surface area contributed by atoms with Crippen LogP contribution in [0.3, 0.4) is 0 Å². The number of aliphatic hydroxyl groups is 1. The number of hydrogen-bond acceptors (Lipinski definition) is 4. The number of aliphatic hydroxyl groups excluding tert-OH is 1. The zero-order valence-electron chi connectivity index (χ0n) is 22.2. The van der Waals surface area contributed by atoms with E-state index in [2.05, 4.69) is 97.3 Å². The van der Waals surface area contributed by atoms with Gasteiger partial charge in [0.15, 0.2) is 5.78 Å². The molecule has 0 fully saturated rings. The zero-order valence-corrected chi connectivity index (χ0v) is 24.6. The summed E-state index contributed by atoms with van der Waals surface area (Å²) in [5.74, 6) is -0.0625. The third kappa shape index (κ3) is 5.68. The van der Waals surface area contributed by atoms with Crippen LogP contribution in [0.4, 0.5) is 0 Å². The molecular weight excluding hydrogens is 663 g/mol. The normalized spacial score (nSPS) is 11.2. The van der Waals surface area contributed by atoms with Gasteiger partial charge in [-0.25, -0.2) is 4.98 Å². The average molecular weight is 691 g/mol. The van der Waals surface area contributed by atoms with E-state index in [-0.39, 0.29) is 31.6 Å². The van der Waals surface area contributed by atoms with Gasteiger partial charge in [0.05, 0.1) is 11.3 Å². The molecule has 1 N–H and O–H groups in total. The molecule has 6 rings (SSSR count). The van der Waals surface area contributed by atoms with E-state index in [4.69, 9.17) is 15.1 Å². The van der Waals surface area contributed by atoms with Crippen molar-refractivity contribution >= 4 is 38.5 Å². The van der Waals surface area contributed by atoms with Crippen molar-refractivity contribution in [2.24, 2.45) is 0 Å². The molecule has 2 aromatic heterocycles. The minimum Gasteiger partial charge on any atom is -0.512 e. The van der Waals surface area contributed by atoms with Crippen molar-refractivity contribution in [3.05, 3.63) is 114 Å². The smallest absolute Gasteiger partial charge is 0.155 e.